The van der Waals surface area contributed by atoms with Gasteiger partial charge in [-0.1, -0.05) is 30.3 Å². The van der Waals surface area contributed by atoms with E-state index < -0.39 is 12.0 Å². The van der Waals surface area contributed by atoms with Gasteiger partial charge in [-0.25, -0.2) is 4.98 Å². The van der Waals surface area contributed by atoms with Crippen LogP contribution < -0.4 is 15.2 Å². The average molecular weight is 446 g/mol. The van der Waals surface area contributed by atoms with Gasteiger partial charge in [-0.15, -0.1) is 12.4 Å². The molecule has 31 heavy (non-hydrogen) atoms. The fraction of sp³-hybridized carbons (Fsp3) is 0.304. The smallest absolute Gasteiger partial charge is 0.268 e. The largest absolute Gasteiger partial charge is 0.497 e. The molecule has 2 atom stereocenters. The van der Waals surface area contributed by atoms with Crippen LogP contribution >= 0.6 is 12.4 Å². The summed E-state index contributed by atoms with van der Waals surface area (Å²) in [6.45, 7) is 2.17. The number of halogens is 1. The molecule has 0 aliphatic heterocycles. The van der Waals surface area contributed by atoms with E-state index in [9.17, 15) is 9.90 Å². The van der Waals surface area contributed by atoms with Crippen molar-refractivity contribution >= 4 is 18.3 Å². The van der Waals surface area contributed by atoms with Gasteiger partial charge in [-0.2, -0.15) is 0 Å². The minimum Gasteiger partial charge on any atom is -0.497 e. The van der Waals surface area contributed by atoms with Crippen LogP contribution in [0.4, 0.5) is 0 Å². The number of carbonyl (C=O) groups excluding carboxylic acids is 1. The molecule has 3 N–H and O–H groups in total. The fourth-order valence-corrected chi connectivity index (χ4v) is 3.32. The van der Waals surface area contributed by atoms with Crippen LogP contribution in [0.5, 0.6) is 11.5 Å². The molecule has 0 unspecified atom stereocenters. The van der Waals surface area contributed by atoms with Crippen LogP contribution in [0.2, 0.25) is 0 Å². The number of imidazole rings is 1. The molecule has 0 bridgehead atoms. The number of ether oxygens (including phenoxy) is 2. The van der Waals surface area contributed by atoms with Gasteiger partial charge in [0.15, 0.2) is 0 Å². The van der Waals surface area contributed by atoms with E-state index >= 15 is 0 Å². The summed E-state index contributed by atoms with van der Waals surface area (Å²) < 4.78 is 13.0. The molecule has 3 aromatic rings. The molecule has 166 valence electrons. The highest BCUT2D eigenvalue weighted by molar-refractivity contribution is 5.90. The zero-order valence-electron chi connectivity index (χ0n) is 17.6. The normalized spacial score (nSPS) is 12.5. The van der Waals surface area contributed by atoms with E-state index in [1.54, 1.807) is 24.8 Å². The van der Waals surface area contributed by atoms with E-state index in [2.05, 4.69) is 4.98 Å². The van der Waals surface area contributed by atoms with Crippen LogP contribution in [0.25, 0.3) is 0 Å². The summed E-state index contributed by atoms with van der Waals surface area (Å²) in [7, 11) is 1.64. The zero-order chi connectivity index (χ0) is 21.5. The first-order valence-electron chi connectivity index (χ1n) is 9.83. The van der Waals surface area contributed by atoms with E-state index in [4.69, 9.17) is 15.2 Å². The molecule has 2 aromatic carbocycles. The van der Waals surface area contributed by atoms with Crippen molar-refractivity contribution in [3.8, 4) is 11.5 Å². The number of rotatable bonds is 10. The topological polar surface area (TPSA) is 99.6 Å². The maximum Gasteiger partial charge on any atom is 0.268 e. The highest BCUT2D eigenvalue weighted by atomic mass is 35.5. The van der Waals surface area contributed by atoms with Crippen LogP contribution in [0, 0.1) is 0 Å². The van der Waals surface area contributed by atoms with Crippen LogP contribution in [0.1, 0.15) is 41.0 Å². The predicted molar refractivity (Wildman–Crippen MR) is 121 cm³/mol. The summed E-state index contributed by atoms with van der Waals surface area (Å²) in [5, 5.41) is 10.2. The second-order valence-corrected chi connectivity index (χ2v) is 7.16. The van der Waals surface area contributed by atoms with Crippen molar-refractivity contribution in [2.75, 3.05) is 7.11 Å². The fourth-order valence-electron chi connectivity index (χ4n) is 3.32. The molecular weight excluding hydrogens is 418 g/mol. The van der Waals surface area contributed by atoms with E-state index in [-0.39, 0.29) is 24.1 Å². The van der Waals surface area contributed by atoms with Crippen molar-refractivity contribution in [2.45, 2.75) is 38.5 Å². The minimum atomic E-state index is -0.618. The second-order valence-electron chi connectivity index (χ2n) is 7.16. The first-order valence-corrected chi connectivity index (χ1v) is 9.83. The van der Waals surface area contributed by atoms with Gasteiger partial charge in [-0.3, -0.25) is 4.79 Å². The molecule has 0 radical (unpaired) electrons. The van der Waals surface area contributed by atoms with Gasteiger partial charge in [0.1, 0.15) is 23.8 Å². The number of nitrogens with zero attached hydrogens (tertiary/aromatic N) is 2. The van der Waals surface area contributed by atoms with Crippen LogP contribution in [0.15, 0.2) is 61.1 Å². The predicted octanol–water partition coefficient (Wildman–Crippen LogP) is 3.55. The number of benzene rings is 2. The highest BCUT2D eigenvalue weighted by Gasteiger charge is 2.19. The number of primary amides is 1. The number of amides is 1. The van der Waals surface area contributed by atoms with Crippen molar-refractivity contribution in [3.63, 3.8) is 0 Å². The number of para-hydroxylation sites is 1. The number of aliphatic hydroxyl groups excluding tert-OH is 1. The van der Waals surface area contributed by atoms with Gasteiger partial charge in [0.25, 0.3) is 5.91 Å². The highest BCUT2D eigenvalue weighted by Crippen LogP contribution is 2.26. The molecule has 0 aliphatic carbocycles. The third kappa shape index (κ3) is 6.47. The molecular formula is C23H28ClN3O4. The number of hydrogen-bond acceptors (Lipinski definition) is 5. The van der Waals surface area contributed by atoms with E-state index in [0.29, 0.717) is 19.4 Å². The van der Waals surface area contributed by atoms with Crippen molar-refractivity contribution in [3.05, 3.63) is 77.9 Å². The van der Waals surface area contributed by atoms with Crippen molar-refractivity contribution in [1.82, 2.24) is 9.55 Å². The summed E-state index contributed by atoms with van der Waals surface area (Å²) in [5.41, 5.74) is 7.56. The van der Waals surface area contributed by atoms with Gasteiger partial charge in [0.2, 0.25) is 0 Å². The first kappa shape index (κ1) is 24.2. The summed E-state index contributed by atoms with van der Waals surface area (Å²) in [6, 6.07) is 15.4. The lowest BCUT2D eigenvalue weighted by Crippen LogP contribution is -2.21. The Morgan fingerprint density at radius 2 is 1.90 bits per heavy atom. The number of carbonyl (C=O) groups is 1. The molecule has 8 heteroatoms. The summed E-state index contributed by atoms with van der Waals surface area (Å²) >= 11 is 0. The Hall–Kier alpha value is -3.03. The lowest BCUT2D eigenvalue weighted by molar-refractivity contribution is 0.0994. The van der Waals surface area contributed by atoms with Gasteiger partial charge in [0, 0.05) is 6.20 Å². The lowest BCUT2D eigenvalue weighted by atomic mass is 10.0. The monoisotopic (exact) mass is 445 g/mol. The van der Waals surface area contributed by atoms with E-state index in [1.807, 2.05) is 48.5 Å². The third-order valence-corrected chi connectivity index (χ3v) is 5.03. The van der Waals surface area contributed by atoms with Gasteiger partial charge >= 0.3 is 0 Å². The number of nitrogens with two attached hydrogens (primary N) is 1. The van der Waals surface area contributed by atoms with Gasteiger partial charge < -0.3 is 24.9 Å². The van der Waals surface area contributed by atoms with Crippen molar-refractivity contribution in [2.24, 2.45) is 5.73 Å². The maximum atomic E-state index is 11.3. The molecule has 0 fully saturated rings. The van der Waals surface area contributed by atoms with Crippen LogP contribution in [0.3, 0.4) is 0 Å². The molecule has 0 spiro atoms. The number of aliphatic hydroxyl groups is 1. The van der Waals surface area contributed by atoms with Crippen molar-refractivity contribution < 1.29 is 19.4 Å². The number of aryl methyl sites for hydroxylation is 1. The van der Waals surface area contributed by atoms with E-state index in [1.165, 1.54) is 6.33 Å². The van der Waals surface area contributed by atoms with Crippen LogP contribution in [-0.2, 0) is 13.0 Å². The summed E-state index contributed by atoms with van der Waals surface area (Å²) in [6.07, 6.45) is 3.83. The van der Waals surface area contributed by atoms with Crippen LogP contribution in [-0.4, -0.2) is 33.8 Å². The zero-order valence-corrected chi connectivity index (χ0v) is 18.4. The number of hydrogen-bond donors (Lipinski definition) is 2. The Labute approximate surface area is 188 Å². The third-order valence-electron chi connectivity index (χ3n) is 5.03. The molecule has 0 saturated carbocycles. The van der Waals surface area contributed by atoms with Gasteiger partial charge in [-0.05, 0) is 49.1 Å². The molecule has 1 aromatic heterocycles. The average Bonchev–Trinajstić information content (AvgIpc) is 3.23. The molecule has 7 nitrogen and oxygen atoms in total. The minimum absolute atomic E-state index is 0. The Morgan fingerprint density at radius 3 is 2.52 bits per heavy atom. The Morgan fingerprint density at radius 1 is 1.19 bits per heavy atom. The molecule has 1 amide bonds. The van der Waals surface area contributed by atoms with E-state index in [0.717, 1.165) is 22.6 Å². The number of aromatic nitrogens is 2. The SMILES string of the molecule is COc1ccc(COc2ccccc2CC[C@H]([C@H](C)O)n2cnc(C(N)=O)c2)cc1.Cl. The standard InChI is InChI=1S/C23H27N3O4.ClH/c1-16(27)21(26-13-20(23(24)28)25-15-26)12-9-18-5-3-4-6-22(18)30-14-17-7-10-19(29-2)11-8-17;/h3-8,10-11,13,15-16,21,27H,9,12,14H2,1-2H3,(H2,24,28);1H/t16-,21+;/m0./s1. The maximum absolute atomic E-state index is 11.3. The number of methoxy groups -OCH3 is 1. The summed E-state index contributed by atoms with van der Waals surface area (Å²) in [5.74, 6) is 1.03. The molecule has 1 heterocycles. The van der Waals surface area contributed by atoms with Gasteiger partial charge in [0.05, 0.1) is 25.6 Å². The molecule has 0 saturated heterocycles. The summed E-state index contributed by atoms with van der Waals surface area (Å²) in [4.78, 5) is 15.3. The quantitative estimate of drug-likeness (QED) is 0.497. The lowest BCUT2D eigenvalue weighted by Gasteiger charge is -2.22. The Kier molecular flexibility index (Phi) is 8.90. The Bertz CT molecular complexity index is 973. The molecule has 3 rings (SSSR count). The Balaban J connectivity index is 0.00000341. The van der Waals surface area contributed by atoms with Crippen molar-refractivity contribution in [1.29, 1.82) is 0 Å². The second kappa shape index (κ2) is 11.4. The molecule has 0 aliphatic rings. The first-order chi connectivity index (χ1) is 14.5.